The van der Waals surface area contributed by atoms with Gasteiger partial charge in [-0.05, 0) is 0 Å². The first-order chi connectivity index (χ1) is 7.22. The molecular weight excluding hydrogens is 198 g/mol. The van der Waals surface area contributed by atoms with Gasteiger partial charge in [0.1, 0.15) is 18.2 Å². The van der Waals surface area contributed by atoms with Crippen LogP contribution in [-0.2, 0) is 17.9 Å². The van der Waals surface area contributed by atoms with Crippen LogP contribution in [0.4, 0.5) is 0 Å². The minimum Gasteiger partial charge on any atom is -0.480 e. The van der Waals surface area contributed by atoms with Crippen molar-refractivity contribution >= 4 is 5.97 Å². The van der Waals surface area contributed by atoms with Crippen LogP contribution >= 0.6 is 0 Å². The lowest BCUT2D eigenvalue weighted by Gasteiger charge is -2.31. The summed E-state index contributed by atoms with van der Waals surface area (Å²) in [6.07, 6.45) is 1.66. The fraction of sp³-hybridized carbons (Fsp3) is 0.625. The van der Waals surface area contributed by atoms with Crippen LogP contribution in [0.15, 0.2) is 6.33 Å². The van der Waals surface area contributed by atoms with Crippen LogP contribution in [-0.4, -0.2) is 49.9 Å². The molecule has 0 aliphatic carbocycles. The van der Waals surface area contributed by atoms with Gasteiger partial charge in [-0.3, -0.25) is 9.69 Å². The maximum absolute atomic E-state index is 10.9. The lowest BCUT2D eigenvalue weighted by molar-refractivity contribution is -0.143. The fourth-order valence-electron chi connectivity index (χ4n) is 1.76. The lowest BCUT2D eigenvalue weighted by Crippen LogP contribution is -2.49. The van der Waals surface area contributed by atoms with Crippen LogP contribution in [0.3, 0.4) is 0 Å². The Morgan fingerprint density at radius 1 is 1.67 bits per heavy atom. The van der Waals surface area contributed by atoms with Gasteiger partial charge in [0, 0.05) is 19.6 Å². The molecule has 1 aromatic rings. The highest BCUT2D eigenvalue weighted by atomic mass is 16.4. The molecule has 1 aromatic heterocycles. The molecule has 0 saturated carbocycles. The normalized spacial score (nSPS) is 18.5. The highest BCUT2D eigenvalue weighted by molar-refractivity contribution is 5.73. The van der Waals surface area contributed by atoms with Gasteiger partial charge < -0.3 is 15.4 Å². The molecular formula is C8H13N5O2. The number of nitrogens with two attached hydrogens (primary N) is 1. The number of carboxylic acids is 1. The van der Waals surface area contributed by atoms with Crippen molar-refractivity contribution < 1.29 is 9.90 Å². The largest absolute Gasteiger partial charge is 0.480 e. The van der Waals surface area contributed by atoms with Crippen LogP contribution in [0, 0.1) is 0 Å². The smallest absolute Gasteiger partial charge is 0.322 e. The van der Waals surface area contributed by atoms with Gasteiger partial charge in [-0.25, -0.2) is 0 Å². The molecule has 7 heteroatoms. The predicted molar refractivity (Wildman–Crippen MR) is 50.9 cm³/mol. The van der Waals surface area contributed by atoms with E-state index in [1.54, 1.807) is 6.33 Å². The second kappa shape index (κ2) is 3.95. The number of aromatic nitrogens is 3. The Kier molecular flexibility index (Phi) is 2.65. The summed E-state index contributed by atoms with van der Waals surface area (Å²) >= 11 is 0. The molecule has 0 spiro atoms. The molecule has 82 valence electrons. The number of carboxylic acid groups (broad SMARTS) is 1. The van der Waals surface area contributed by atoms with Gasteiger partial charge in [-0.15, -0.1) is 10.2 Å². The van der Waals surface area contributed by atoms with Crippen LogP contribution in [0.2, 0.25) is 0 Å². The third kappa shape index (κ3) is 1.83. The molecule has 1 aliphatic heterocycles. The van der Waals surface area contributed by atoms with E-state index in [0.29, 0.717) is 19.6 Å². The minimum absolute atomic E-state index is 0.115. The van der Waals surface area contributed by atoms with E-state index in [1.165, 1.54) is 0 Å². The number of aliphatic carboxylic acids is 1. The summed E-state index contributed by atoms with van der Waals surface area (Å²) in [7, 11) is 0. The van der Waals surface area contributed by atoms with Crippen molar-refractivity contribution in [1.29, 1.82) is 0 Å². The van der Waals surface area contributed by atoms with Gasteiger partial charge in [0.25, 0.3) is 0 Å². The van der Waals surface area contributed by atoms with Crippen LogP contribution < -0.4 is 5.73 Å². The SMILES string of the molecule is NCC(C(=O)O)N1CCn2cnnc2C1. The van der Waals surface area contributed by atoms with Crippen LogP contribution in [0.5, 0.6) is 0 Å². The zero-order valence-corrected chi connectivity index (χ0v) is 8.20. The predicted octanol–water partition coefficient (Wildman–Crippen LogP) is -1.49. The maximum atomic E-state index is 10.9. The van der Waals surface area contributed by atoms with Crippen LogP contribution in [0.25, 0.3) is 0 Å². The van der Waals surface area contributed by atoms with E-state index in [-0.39, 0.29) is 6.54 Å². The zero-order valence-electron chi connectivity index (χ0n) is 8.20. The summed E-state index contributed by atoms with van der Waals surface area (Å²) in [5, 5.41) is 16.7. The Bertz CT molecular complexity index is 364. The van der Waals surface area contributed by atoms with Gasteiger partial charge >= 0.3 is 5.97 Å². The first kappa shape index (κ1) is 10.1. The van der Waals surface area contributed by atoms with E-state index in [2.05, 4.69) is 10.2 Å². The third-order valence-corrected chi connectivity index (χ3v) is 2.62. The molecule has 2 rings (SSSR count). The van der Waals surface area contributed by atoms with E-state index in [1.807, 2.05) is 9.47 Å². The fourth-order valence-corrected chi connectivity index (χ4v) is 1.76. The molecule has 7 nitrogen and oxygen atoms in total. The monoisotopic (exact) mass is 211 g/mol. The average molecular weight is 211 g/mol. The number of fused-ring (bicyclic) bond motifs is 1. The number of nitrogens with zero attached hydrogens (tertiary/aromatic N) is 4. The molecule has 2 heterocycles. The van der Waals surface area contributed by atoms with Gasteiger partial charge in [-0.2, -0.15) is 0 Å². The number of rotatable bonds is 3. The Balaban J connectivity index is 2.11. The van der Waals surface area contributed by atoms with E-state index < -0.39 is 12.0 Å². The Labute approximate surface area is 86.5 Å². The second-order valence-electron chi connectivity index (χ2n) is 3.50. The van der Waals surface area contributed by atoms with Crippen molar-refractivity contribution in [3.05, 3.63) is 12.2 Å². The number of hydrogen-bond acceptors (Lipinski definition) is 5. The summed E-state index contributed by atoms with van der Waals surface area (Å²) in [4.78, 5) is 12.7. The molecule has 1 atom stereocenters. The van der Waals surface area contributed by atoms with Gasteiger partial charge in [0.2, 0.25) is 0 Å². The highest BCUT2D eigenvalue weighted by Gasteiger charge is 2.28. The maximum Gasteiger partial charge on any atom is 0.322 e. The molecule has 0 amide bonds. The number of carbonyl (C=O) groups is 1. The first-order valence-corrected chi connectivity index (χ1v) is 4.76. The highest BCUT2D eigenvalue weighted by Crippen LogP contribution is 2.11. The number of hydrogen-bond donors (Lipinski definition) is 2. The Morgan fingerprint density at radius 2 is 2.47 bits per heavy atom. The van der Waals surface area contributed by atoms with Gasteiger partial charge in [0.15, 0.2) is 0 Å². The van der Waals surface area contributed by atoms with Crippen LogP contribution in [0.1, 0.15) is 5.82 Å². The topological polar surface area (TPSA) is 97.3 Å². The Hall–Kier alpha value is -1.47. The molecule has 1 aliphatic rings. The van der Waals surface area contributed by atoms with Crippen molar-refractivity contribution in [2.75, 3.05) is 13.1 Å². The molecule has 0 aromatic carbocycles. The summed E-state index contributed by atoms with van der Waals surface area (Å²) < 4.78 is 1.92. The van der Waals surface area contributed by atoms with Crippen molar-refractivity contribution in [2.45, 2.75) is 19.1 Å². The molecule has 0 radical (unpaired) electrons. The van der Waals surface area contributed by atoms with Crippen molar-refractivity contribution in [2.24, 2.45) is 5.73 Å². The molecule has 15 heavy (non-hydrogen) atoms. The first-order valence-electron chi connectivity index (χ1n) is 4.76. The van der Waals surface area contributed by atoms with E-state index >= 15 is 0 Å². The molecule has 0 saturated heterocycles. The average Bonchev–Trinajstić information content (AvgIpc) is 2.65. The summed E-state index contributed by atoms with van der Waals surface area (Å²) in [6.45, 7) is 1.99. The molecule has 0 bridgehead atoms. The third-order valence-electron chi connectivity index (χ3n) is 2.62. The minimum atomic E-state index is -0.884. The Morgan fingerprint density at radius 3 is 3.13 bits per heavy atom. The zero-order chi connectivity index (χ0) is 10.8. The lowest BCUT2D eigenvalue weighted by atomic mass is 10.2. The summed E-state index contributed by atoms with van der Waals surface area (Å²) in [6, 6.07) is -0.629. The quantitative estimate of drug-likeness (QED) is 0.632. The van der Waals surface area contributed by atoms with E-state index in [4.69, 9.17) is 10.8 Å². The van der Waals surface area contributed by atoms with E-state index in [9.17, 15) is 4.79 Å². The molecule has 3 N–H and O–H groups in total. The standard InChI is InChI=1S/C8H13N5O2/c9-3-6(8(14)15)12-1-2-13-5-10-11-7(13)4-12/h5-6H,1-4,9H2,(H,14,15). The van der Waals surface area contributed by atoms with Crippen molar-refractivity contribution in [3.63, 3.8) is 0 Å². The summed E-state index contributed by atoms with van der Waals surface area (Å²) in [5.41, 5.74) is 5.43. The van der Waals surface area contributed by atoms with Gasteiger partial charge in [0.05, 0.1) is 6.54 Å². The van der Waals surface area contributed by atoms with E-state index in [0.717, 1.165) is 5.82 Å². The van der Waals surface area contributed by atoms with Gasteiger partial charge in [-0.1, -0.05) is 0 Å². The summed E-state index contributed by atoms with van der Waals surface area (Å²) in [5.74, 6) is -0.0913. The second-order valence-corrected chi connectivity index (χ2v) is 3.50. The molecule has 0 fully saturated rings. The van der Waals surface area contributed by atoms with Crippen molar-refractivity contribution in [3.8, 4) is 0 Å². The molecule has 1 unspecified atom stereocenters. The van der Waals surface area contributed by atoms with Crippen molar-refractivity contribution in [1.82, 2.24) is 19.7 Å².